The van der Waals surface area contributed by atoms with Gasteiger partial charge >= 0.3 is 5.97 Å². The molecule has 2 aromatic rings. The maximum atomic E-state index is 12.0. The van der Waals surface area contributed by atoms with Crippen LogP contribution >= 0.6 is 35.0 Å². The number of ketones is 1. The second-order valence-electron chi connectivity index (χ2n) is 5.12. The van der Waals surface area contributed by atoms with E-state index >= 15 is 0 Å². The van der Waals surface area contributed by atoms with Crippen LogP contribution in [0.15, 0.2) is 47.4 Å². The van der Waals surface area contributed by atoms with Crippen molar-refractivity contribution in [2.75, 3.05) is 12.4 Å². The number of esters is 1. The van der Waals surface area contributed by atoms with Crippen LogP contribution in [0.2, 0.25) is 10.0 Å². The van der Waals surface area contributed by atoms with E-state index in [1.165, 1.54) is 17.7 Å². The summed E-state index contributed by atoms with van der Waals surface area (Å²) in [5.41, 5.74) is 1.45. The molecule has 0 bridgehead atoms. The number of hydrogen-bond acceptors (Lipinski definition) is 4. The van der Waals surface area contributed by atoms with Crippen molar-refractivity contribution in [2.45, 2.75) is 18.2 Å². The summed E-state index contributed by atoms with van der Waals surface area (Å²) >= 11 is 13.4. The van der Waals surface area contributed by atoms with Gasteiger partial charge in [0.2, 0.25) is 5.78 Å². The SMILES string of the molecule is Cc1ccc(SCCC(=O)OCC(=O)c2cc(Cl)ccc2Cl)cc1. The fourth-order valence-electron chi connectivity index (χ4n) is 1.89. The predicted molar refractivity (Wildman–Crippen MR) is 98.3 cm³/mol. The lowest BCUT2D eigenvalue weighted by molar-refractivity contribution is -0.141. The summed E-state index contributed by atoms with van der Waals surface area (Å²) in [7, 11) is 0. The molecule has 3 nitrogen and oxygen atoms in total. The molecule has 2 rings (SSSR count). The van der Waals surface area contributed by atoms with Crippen molar-refractivity contribution in [3.63, 3.8) is 0 Å². The van der Waals surface area contributed by atoms with E-state index in [9.17, 15) is 9.59 Å². The van der Waals surface area contributed by atoms with Crippen LogP contribution in [0.25, 0.3) is 0 Å². The van der Waals surface area contributed by atoms with Crippen LogP contribution in [0.5, 0.6) is 0 Å². The van der Waals surface area contributed by atoms with Crippen molar-refractivity contribution >= 4 is 46.7 Å². The molecular formula is C18H16Cl2O3S. The first-order chi connectivity index (χ1) is 11.5. The summed E-state index contributed by atoms with van der Waals surface area (Å²) in [6.45, 7) is 1.68. The number of ether oxygens (including phenoxy) is 1. The molecular weight excluding hydrogens is 367 g/mol. The molecule has 0 saturated carbocycles. The van der Waals surface area contributed by atoms with Gasteiger partial charge in [0, 0.05) is 21.2 Å². The Morgan fingerprint density at radius 3 is 2.50 bits per heavy atom. The Kier molecular flexibility index (Phi) is 7.16. The zero-order valence-electron chi connectivity index (χ0n) is 13.1. The van der Waals surface area contributed by atoms with Gasteiger partial charge < -0.3 is 4.74 Å². The number of carbonyl (C=O) groups excluding carboxylic acids is 2. The summed E-state index contributed by atoms with van der Waals surface area (Å²) < 4.78 is 5.01. The molecule has 0 aliphatic carbocycles. The molecule has 0 unspecified atom stereocenters. The van der Waals surface area contributed by atoms with Crippen LogP contribution in [0.1, 0.15) is 22.3 Å². The minimum absolute atomic E-state index is 0.231. The zero-order chi connectivity index (χ0) is 17.5. The van der Waals surface area contributed by atoms with Gasteiger partial charge in [-0.15, -0.1) is 11.8 Å². The molecule has 0 aliphatic heterocycles. The van der Waals surface area contributed by atoms with Crippen LogP contribution in [0.3, 0.4) is 0 Å². The number of thioether (sulfide) groups is 1. The maximum Gasteiger partial charge on any atom is 0.307 e. The van der Waals surface area contributed by atoms with Crippen LogP contribution < -0.4 is 0 Å². The monoisotopic (exact) mass is 382 g/mol. The molecule has 0 saturated heterocycles. The first-order valence-corrected chi connectivity index (χ1v) is 9.03. The molecule has 0 amide bonds. The number of Topliss-reactive ketones (excluding diaryl/α,β-unsaturated/α-hetero) is 1. The highest BCUT2D eigenvalue weighted by Gasteiger charge is 2.13. The van der Waals surface area contributed by atoms with Crippen molar-refractivity contribution in [1.29, 1.82) is 0 Å². The summed E-state index contributed by atoms with van der Waals surface area (Å²) in [5, 5.41) is 0.693. The number of hydrogen-bond donors (Lipinski definition) is 0. The van der Waals surface area contributed by atoms with Crippen molar-refractivity contribution in [3.05, 3.63) is 63.6 Å². The Bertz CT molecular complexity index is 730. The van der Waals surface area contributed by atoms with Gasteiger partial charge in [-0.3, -0.25) is 9.59 Å². The predicted octanol–water partition coefficient (Wildman–Crippen LogP) is 5.21. The Labute approximate surface area is 155 Å². The lowest BCUT2D eigenvalue weighted by Crippen LogP contribution is -2.14. The molecule has 0 N–H and O–H groups in total. The molecule has 2 aromatic carbocycles. The maximum absolute atomic E-state index is 12.0. The second kappa shape index (κ2) is 9.11. The summed E-state index contributed by atoms with van der Waals surface area (Å²) in [5.74, 6) is -0.197. The van der Waals surface area contributed by atoms with Crippen molar-refractivity contribution in [3.8, 4) is 0 Å². The average Bonchev–Trinajstić information content (AvgIpc) is 2.56. The van der Waals surface area contributed by atoms with E-state index in [0.29, 0.717) is 10.8 Å². The molecule has 0 spiro atoms. The Morgan fingerprint density at radius 2 is 1.79 bits per heavy atom. The lowest BCUT2D eigenvalue weighted by Gasteiger charge is -2.06. The Hall–Kier alpha value is -1.49. The second-order valence-corrected chi connectivity index (χ2v) is 7.13. The third-order valence-corrected chi connectivity index (χ3v) is 4.77. The molecule has 0 aromatic heterocycles. The molecule has 126 valence electrons. The van der Waals surface area contributed by atoms with Crippen LogP contribution in [0.4, 0.5) is 0 Å². The molecule has 0 heterocycles. The number of halogens is 2. The zero-order valence-corrected chi connectivity index (χ0v) is 15.4. The molecule has 6 heteroatoms. The molecule has 0 radical (unpaired) electrons. The fourth-order valence-corrected chi connectivity index (χ4v) is 3.12. The van der Waals surface area contributed by atoms with Gasteiger partial charge in [-0.05, 0) is 37.3 Å². The summed E-state index contributed by atoms with van der Waals surface area (Å²) in [6.07, 6.45) is 0.231. The van der Waals surface area contributed by atoms with Gasteiger partial charge in [0.05, 0.1) is 11.4 Å². The minimum atomic E-state index is -0.416. The van der Waals surface area contributed by atoms with Gasteiger partial charge in [-0.1, -0.05) is 40.9 Å². The molecule has 0 aliphatic rings. The third-order valence-electron chi connectivity index (χ3n) is 3.19. The first kappa shape index (κ1) is 18.8. The number of aryl methyl sites for hydroxylation is 1. The van der Waals surface area contributed by atoms with Gasteiger partial charge in [0.15, 0.2) is 6.61 Å². The van der Waals surface area contributed by atoms with Crippen LogP contribution in [-0.2, 0) is 9.53 Å². The van der Waals surface area contributed by atoms with E-state index in [-0.39, 0.29) is 29.4 Å². The smallest absolute Gasteiger partial charge is 0.307 e. The normalized spacial score (nSPS) is 10.5. The minimum Gasteiger partial charge on any atom is -0.457 e. The van der Waals surface area contributed by atoms with Gasteiger partial charge in [0.25, 0.3) is 0 Å². The lowest BCUT2D eigenvalue weighted by atomic mass is 10.1. The molecule has 0 atom stereocenters. The Balaban J connectivity index is 1.75. The fraction of sp³-hybridized carbons (Fsp3) is 0.222. The van der Waals surface area contributed by atoms with Crippen molar-refractivity contribution in [1.82, 2.24) is 0 Å². The highest BCUT2D eigenvalue weighted by Crippen LogP contribution is 2.21. The third kappa shape index (κ3) is 5.86. The van der Waals surface area contributed by atoms with E-state index in [1.807, 2.05) is 31.2 Å². The van der Waals surface area contributed by atoms with E-state index in [1.54, 1.807) is 17.8 Å². The number of benzene rings is 2. The average molecular weight is 383 g/mol. The van der Waals surface area contributed by atoms with Crippen LogP contribution in [-0.4, -0.2) is 24.1 Å². The summed E-state index contributed by atoms with van der Waals surface area (Å²) in [6, 6.07) is 12.7. The van der Waals surface area contributed by atoms with Crippen molar-refractivity contribution in [2.24, 2.45) is 0 Å². The first-order valence-electron chi connectivity index (χ1n) is 7.29. The Morgan fingerprint density at radius 1 is 1.08 bits per heavy atom. The van der Waals surface area contributed by atoms with Gasteiger partial charge in [-0.2, -0.15) is 0 Å². The highest BCUT2D eigenvalue weighted by molar-refractivity contribution is 7.99. The van der Waals surface area contributed by atoms with E-state index < -0.39 is 5.97 Å². The largest absolute Gasteiger partial charge is 0.457 e. The van der Waals surface area contributed by atoms with E-state index in [0.717, 1.165) is 4.90 Å². The van der Waals surface area contributed by atoms with Crippen LogP contribution in [0, 0.1) is 6.92 Å². The quantitative estimate of drug-likeness (QED) is 0.374. The highest BCUT2D eigenvalue weighted by atomic mass is 35.5. The molecule has 24 heavy (non-hydrogen) atoms. The topological polar surface area (TPSA) is 43.4 Å². The molecule has 0 fully saturated rings. The van der Waals surface area contributed by atoms with Gasteiger partial charge in [0.1, 0.15) is 0 Å². The standard InChI is InChI=1S/C18H16Cl2O3S/c1-12-2-5-14(6-3-12)24-9-8-18(22)23-11-17(21)15-10-13(19)4-7-16(15)20/h2-7,10H,8-9,11H2,1H3. The number of rotatable bonds is 7. The van der Waals surface area contributed by atoms with E-state index in [2.05, 4.69) is 0 Å². The van der Waals surface area contributed by atoms with E-state index in [4.69, 9.17) is 27.9 Å². The van der Waals surface area contributed by atoms with Gasteiger partial charge in [-0.25, -0.2) is 0 Å². The number of carbonyl (C=O) groups is 2. The summed E-state index contributed by atoms with van der Waals surface area (Å²) in [4.78, 5) is 24.8. The van der Waals surface area contributed by atoms with Crippen molar-refractivity contribution < 1.29 is 14.3 Å².